The summed E-state index contributed by atoms with van der Waals surface area (Å²) in [5.41, 5.74) is 3.09. The molecule has 196 valence electrons. The van der Waals surface area contributed by atoms with E-state index in [0.717, 1.165) is 5.56 Å². The first-order valence-corrected chi connectivity index (χ1v) is 11.3. The Bertz CT molecular complexity index is 1080. The van der Waals surface area contributed by atoms with Gasteiger partial charge in [-0.15, -0.1) is 0 Å². The average Bonchev–Trinajstić information content (AvgIpc) is 2.75. The highest BCUT2D eigenvalue weighted by molar-refractivity contribution is 5.98. The minimum Gasteiger partial charge on any atom is -0.475 e. The molecule has 1 aliphatic rings. The minimum atomic E-state index is -5.08. The number of carboxylic acids is 1. The van der Waals surface area contributed by atoms with Crippen LogP contribution in [-0.2, 0) is 11.3 Å². The van der Waals surface area contributed by atoms with Gasteiger partial charge in [0.25, 0.3) is 11.8 Å². The lowest BCUT2D eigenvalue weighted by Gasteiger charge is -2.48. The SMILES string of the molecule is Cc1cccc(CNC(=O)c2ccc(C(=O)N3CC(C)(C)NC(C)(C)C3)cc2)c1.O=C(O)C(F)(F)F. The maximum Gasteiger partial charge on any atom is 0.490 e. The first kappa shape index (κ1) is 28.8. The number of rotatable bonds is 4. The van der Waals surface area contributed by atoms with Crippen LogP contribution in [0.3, 0.4) is 0 Å². The van der Waals surface area contributed by atoms with E-state index < -0.39 is 12.1 Å². The van der Waals surface area contributed by atoms with E-state index in [-0.39, 0.29) is 22.9 Å². The van der Waals surface area contributed by atoms with Crippen molar-refractivity contribution >= 4 is 17.8 Å². The number of nitrogens with one attached hydrogen (secondary N) is 2. The fourth-order valence-electron chi connectivity index (χ4n) is 4.20. The molecule has 1 saturated heterocycles. The maximum atomic E-state index is 13.0. The molecule has 3 N–H and O–H groups in total. The van der Waals surface area contributed by atoms with Crippen LogP contribution in [0.4, 0.5) is 13.2 Å². The third-order valence-electron chi connectivity index (χ3n) is 5.31. The van der Waals surface area contributed by atoms with Gasteiger partial charge < -0.3 is 20.6 Å². The Morgan fingerprint density at radius 3 is 1.94 bits per heavy atom. The van der Waals surface area contributed by atoms with Crippen LogP contribution in [0.2, 0.25) is 0 Å². The molecule has 1 fully saturated rings. The summed E-state index contributed by atoms with van der Waals surface area (Å²) in [6, 6.07) is 15.0. The topological polar surface area (TPSA) is 98.7 Å². The van der Waals surface area contributed by atoms with E-state index in [0.29, 0.717) is 30.8 Å². The normalized spacial score (nSPS) is 16.4. The second-order valence-corrected chi connectivity index (χ2v) is 10.1. The molecule has 0 aliphatic carbocycles. The van der Waals surface area contributed by atoms with Crippen LogP contribution >= 0.6 is 0 Å². The predicted octanol–water partition coefficient (Wildman–Crippen LogP) is 4.16. The number of benzene rings is 2. The summed E-state index contributed by atoms with van der Waals surface area (Å²) in [4.78, 5) is 36.2. The lowest BCUT2D eigenvalue weighted by molar-refractivity contribution is -0.192. The van der Waals surface area contributed by atoms with E-state index in [9.17, 15) is 22.8 Å². The number of aliphatic carboxylic acids is 1. The van der Waals surface area contributed by atoms with Gasteiger partial charge in [0.2, 0.25) is 0 Å². The Labute approximate surface area is 208 Å². The lowest BCUT2D eigenvalue weighted by atomic mass is 9.91. The number of carbonyl (C=O) groups is 3. The Morgan fingerprint density at radius 1 is 0.972 bits per heavy atom. The summed E-state index contributed by atoms with van der Waals surface area (Å²) in [5.74, 6) is -2.90. The van der Waals surface area contributed by atoms with E-state index >= 15 is 0 Å². The molecule has 1 heterocycles. The highest BCUT2D eigenvalue weighted by atomic mass is 19.4. The maximum absolute atomic E-state index is 13.0. The van der Waals surface area contributed by atoms with Gasteiger partial charge in [-0.05, 0) is 64.4 Å². The summed E-state index contributed by atoms with van der Waals surface area (Å²) in [6.45, 7) is 12.2. The number of alkyl halides is 3. The smallest absolute Gasteiger partial charge is 0.475 e. The fraction of sp³-hybridized carbons (Fsp3) is 0.423. The quantitative estimate of drug-likeness (QED) is 0.577. The van der Waals surface area contributed by atoms with E-state index in [4.69, 9.17) is 9.90 Å². The van der Waals surface area contributed by atoms with Gasteiger partial charge in [-0.25, -0.2) is 4.79 Å². The van der Waals surface area contributed by atoms with Crippen LogP contribution in [0.1, 0.15) is 59.5 Å². The zero-order valence-corrected chi connectivity index (χ0v) is 21.0. The fourth-order valence-corrected chi connectivity index (χ4v) is 4.20. The van der Waals surface area contributed by atoms with Crippen LogP contribution in [0.5, 0.6) is 0 Å². The molecular formula is C26H32F3N3O4. The number of hydrogen-bond acceptors (Lipinski definition) is 4. The largest absolute Gasteiger partial charge is 0.490 e. The number of halogens is 3. The van der Waals surface area contributed by atoms with Gasteiger partial charge in [-0.2, -0.15) is 13.2 Å². The molecule has 7 nitrogen and oxygen atoms in total. The second kappa shape index (κ2) is 11.1. The molecule has 0 atom stereocenters. The molecule has 2 aromatic rings. The van der Waals surface area contributed by atoms with Crippen molar-refractivity contribution in [1.82, 2.24) is 15.5 Å². The van der Waals surface area contributed by atoms with E-state index in [1.807, 2.05) is 30.0 Å². The van der Waals surface area contributed by atoms with Gasteiger partial charge in [0, 0.05) is 41.8 Å². The Balaban J connectivity index is 0.000000572. The van der Waals surface area contributed by atoms with Gasteiger partial charge in [-0.1, -0.05) is 29.8 Å². The molecule has 0 aromatic heterocycles. The van der Waals surface area contributed by atoms with Gasteiger partial charge in [0.05, 0.1) is 0 Å². The van der Waals surface area contributed by atoms with Crippen molar-refractivity contribution in [2.75, 3.05) is 13.1 Å². The highest BCUT2D eigenvalue weighted by Crippen LogP contribution is 2.22. The first-order chi connectivity index (χ1) is 16.5. The van der Waals surface area contributed by atoms with Crippen molar-refractivity contribution in [3.8, 4) is 0 Å². The van der Waals surface area contributed by atoms with E-state index in [1.165, 1.54) is 5.56 Å². The number of piperazine rings is 1. The van der Waals surface area contributed by atoms with Crippen LogP contribution in [0.25, 0.3) is 0 Å². The average molecular weight is 508 g/mol. The molecule has 2 amide bonds. The first-order valence-electron chi connectivity index (χ1n) is 11.3. The number of amides is 2. The lowest BCUT2D eigenvalue weighted by Crippen LogP contribution is -2.67. The molecule has 2 aromatic carbocycles. The highest BCUT2D eigenvalue weighted by Gasteiger charge is 2.39. The van der Waals surface area contributed by atoms with Gasteiger partial charge in [0.15, 0.2) is 0 Å². The Hall–Kier alpha value is -3.40. The van der Waals surface area contributed by atoms with Crippen molar-refractivity contribution in [2.45, 2.75) is 58.4 Å². The Morgan fingerprint density at radius 2 is 1.47 bits per heavy atom. The second-order valence-electron chi connectivity index (χ2n) is 10.1. The number of hydrogen-bond donors (Lipinski definition) is 3. The third kappa shape index (κ3) is 8.67. The van der Waals surface area contributed by atoms with E-state index in [1.54, 1.807) is 24.3 Å². The van der Waals surface area contributed by atoms with Gasteiger partial charge in [-0.3, -0.25) is 9.59 Å². The van der Waals surface area contributed by atoms with Gasteiger partial charge in [0.1, 0.15) is 0 Å². The monoisotopic (exact) mass is 507 g/mol. The van der Waals surface area contributed by atoms with Crippen molar-refractivity contribution in [2.24, 2.45) is 0 Å². The third-order valence-corrected chi connectivity index (χ3v) is 5.31. The number of carbonyl (C=O) groups excluding carboxylic acids is 2. The molecule has 0 bridgehead atoms. The van der Waals surface area contributed by atoms with Gasteiger partial charge >= 0.3 is 12.1 Å². The molecule has 1 aliphatic heterocycles. The van der Waals surface area contributed by atoms with Crippen molar-refractivity contribution < 1.29 is 32.7 Å². The molecule has 36 heavy (non-hydrogen) atoms. The molecule has 0 spiro atoms. The zero-order valence-electron chi connectivity index (χ0n) is 21.0. The Kier molecular flexibility index (Phi) is 8.90. The molecular weight excluding hydrogens is 475 g/mol. The van der Waals surface area contributed by atoms with Crippen LogP contribution in [0, 0.1) is 6.92 Å². The molecule has 0 unspecified atom stereocenters. The number of aryl methyl sites for hydroxylation is 1. The van der Waals surface area contributed by atoms with E-state index in [2.05, 4.69) is 44.4 Å². The molecule has 0 radical (unpaired) electrons. The van der Waals surface area contributed by atoms with Crippen LogP contribution < -0.4 is 10.6 Å². The molecule has 0 saturated carbocycles. The standard InChI is InChI=1S/C24H31N3O2.C2HF3O2/c1-17-7-6-8-18(13-17)14-25-21(28)19-9-11-20(12-10-19)22(29)27-15-23(2,3)26-24(4,5)16-27;3-2(4,5)1(6)7/h6-13,26H,14-16H2,1-5H3,(H,25,28);(H,6,7). The summed E-state index contributed by atoms with van der Waals surface area (Å²) < 4.78 is 31.7. The van der Waals surface area contributed by atoms with Crippen molar-refractivity contribution in [3.05, 3.63) is 70.8 Å². The zero-order chi connectivity index (χ0) is 27.3. The summed E-state index contributed by atoms with van der Waals surface area (Å²) in [6.07, 6.45) is -5.08. The minimum absolute atomic E-state index is 0.000584. The molecule has 10 heteroatoms. The van der Waals surface area contributed by atoms with Crippen molar-refractivity contribution in [3.63, 3.8) is 0 Å². The molecule has 3 rings (SSSR count). The predicted molar refractivity (Wildman–Crippen MR) is 130 cm³/mol. The number of nitrogens with zero attached hydrogens (tertiary/aromatic N) is 1. The van der Waals surface area contributed by atoms with Crippen LogP contribution in [0.15, 0.2) is 48.5 Å². The van der Waals surface area contributed by atoms with Crippen LogP contribution in [-0.4, -0.2) is 58.1 Å². The summed E-state index contributed by atoms with van der Waals surface area (Å²) >= 11 is 0. The summed E-state index contributed by atoms with van der Waals surface area (Å²) in [5, 5.41) is 13.6. The number of carboxylic acid groups (broad SMARTS) is 1. The van der Waals surface area contributed by atoms with Crippen molar-refractivity contribution in [1.29, 1.82) is 0 Å². The summed E-state index contributed by atoms with van der Waals surface area (Å²) in [7, 11) is 0.